The van der Waals surface area contributed by atoms with Gasteiger partial charge in [0.1, 0.15) is 0 Å². The highest BCUT2D eigenvalue weighted by atomic mass is 14.9. The van der Waals surface area contributed by atoms with Gasteiger partial charge < -0.3 is 29.9 Å². The number of H-pyrrole nitrogens is 6. The van der Waals surface area contributed by atoms with Crippen LogP contribution in [0.4, 0.5) is 0 Å². The Morgan fingerprint density at radius 1 is 0.260 bits per heavy atom. The van der Waals surface area contributed by atoms with Gasteiger partial charge in [0.05, 0.1) is 80.2 Å². The Kier molecular flexibility index (Phi) is 5.59. The SMILES string of the molecule is c1cc2nc(c1)-c1ccc([nH]1)C1c3ccc([nH]3)-c3cccc(n3)-c3ccc([nH]3)C(c3ccc-2[nH]3)c2ccc([nH]2)-c2cccc(n2)-c2ccc1[nH]2. The molecule has 6 N–H and O–H groups in total. The topological polar surface area (TPSA) is 133 Å². The number of aromatic nitrogens is 9. The van der Waals surface area contributed by atoms with Gasteiger partial charge in [0, 0.05) is 34.2 Å². The van der Waals surface area contributed by atoms with Gasteiger partial charge in [-0.2, -0.15) is 0 Å². The molecule has 9 aromatic heterocycles. The molecule has 0 saturated carbocycles. The predicted molar refractivity (Wildman–Crippen MR) is 193 cm³/mol. The van der Waals surface area contributed by atoms with Gasteiger partial charge in [-0.3, -0.25) is 0 Å². The highest BCUT2D eigenvalue weighted by molar-refractivity contribution is 5.68. The average Bonchev–Trinajstić information content (AvgIpc) is 4.01. The number of aromatic amines is 6. The summed E-state index contributed by atoms with van der Waals surface area (Å²) < 4.78 is 0. The monoisotopic (exact) mass is 647 g/mol. The molecule has 0 saturated heterocycles. The lowest BCUT2D eigenvalue weighted by molar-refractivity contribution is 0.867. The van der Waals surface area contributed by atoms with Gasteiger partial charge in [-0.1, -0.05) is 18.2 Å². The first-order chi connectivity index (χ1) is 24.7. The molecule has 0 radical (unpaired) electrons. The quantitative estimate of drug-likeness (QED) is 0.0982. The maximum absolute atomic E-state index is 5.13. The van der Waals surface area contributed by atoms with Gasteiger partial charge in [0.25, 0.3) is 0 Å². The van der Waals surface area contributed by atoms with Crippen LogP contribution in [-0.2, 0) is 0 Å². The standard InChI is InChI=1S/C41H29N9/c1-4-22-28-10-16-34(45-28)40-36-18-12-30(47-36)24-6-2-7-25(43-24)31-13-19-37(48-31)41(35-17-11-29(46-35)23(5-1)42-22)39-21-15-33(50-39)27-9-3-8-26(44-27)32-14-20-38(40)49-32/h1-21,40-41,45-50H. The molecule has 20 bridgehead atoms. The van der Waals surface area contributed by atoms with Crippen LogP contribution < -0.4 is 0 Å². The number of hydrogen-bond donors (Lipinski definition) is 6. The zero-order valence-electron chi connectivity index (χ0n) is 26.6. The molecule has 0 aromatic carbocycles. The predicted octanol–water partition coefficient (Wildman–Crippen LogP) is 8.83. The summed E-state index contributed by atoms with van der Waals surface area (Å²) in [6.07, 6.45) is 0. The fraction of sp³-hybridized carbons (Fsp3) is 0.0488. The first-order valence-corrected chi connectivity index (χ1v) is 16.8. The molecule has 12 rings (SSSR count). The van der Waals surface area contributed by atoms with E-state index < -0.39 is 0 Å². The molecule has 0 unspecified atom stereocenters. The Morgan fingerprint density at radius 2 is 0.460 bits per heavy atom. The van der Waals surface area contributed by atoms with E-state index in [1.54, 1.807) is 0 Å². The lowest BCUT2D eigenvalue weighted by Gasteiger charge is -2.15. The van der Waals surface area contributed by atoms with Crippen molar-refractivity contribution in [2.45, 2.75) is 11.8 Å². The molecule has 9 aromatic rings. The second-order valence-corrected chi connectivity index (χ2v) is 13.1. The lowest BCUT2D eigenvalue weighted by atomic mass is 9.98. The fourth-order valence-electron chi connectivity index (χ4n) is 7.59. The fourth-order valence-corrected chi connectivity index (χ4v) is 7.59. The highest BCUT2D eigenvalue weighted by Crippen LogP contribution is 2.38. The molecule has 0 fully saturated rings. The second-order valence-electron chi connectivity index (χ2n) is 13.1. The van der Waals surface area contributed by atoms with Crippen LogP contribution >= 0.6 is 0 Å². The van der Waals surface area contributed by atoms with Crippen molar-refractivity contribution in [1.82, 2.24) is 44.9 Å². The normalized spacial score (nSPS) is 15.6. The molecule has 9 heteroatoms. The summed E-state index contributed by atoms with van der Waals surface area (Å²) in [6.45, 7) is 0. The van der Waals surface area contributed by atoms with Crippen molar-refractivity contribution >= 4 is 0 Å². The molecule has 0 atom stereocenters. The van der Waals surface area contributed by atoms with E-state index in [1.807, 2.05) is 0 Å². The Hall–Kier alpha value is -6.87. The van der Waals surface area contributed by atoms with Gasteiger partial charge in [-0.25, -0.2) is 15.0 Å². The largest absolute Gasteiger partial charge is 0.356 e. The Bertz CT molecular complexity index is 2240. The molecule has 50 heavy (non-hydrogen) atoms. The highest BCUT2D eigenvalue weighted by Gasteiger charge is 2.26. The summed E-state index contributed by atoms with van der Waals surface area (Å²) in [4.78, 5) is 37.8. The maximum atomic E-state index is 5.13. The van der Waals surface area contributed by atoms with E-state index in [4.69, 9.17) is 15.0 Å². The second kappa shape index (κ2) is 10.3. The van der Waals surface area contributed by atoms with E-state index in [1.165, 1.54) is 0 Å². The molecule has 0 spiro atoms. The average molecular weight is 648 g/mol. The Balaban J connectivity index is 1.23. The molecular weight excluding hydrogens is 619 g/mol. The molecule has 9 nitrogen and oxygen atoms in total. The maximum Gasteiger partial charge on any atom is 0.0872 e. The van der Waals surface area contributed by atoms with Gasteiger partial charge in [0.15, 0.2) is 0 Å². The molecule has 0 aliphatic carbocycles. The third kappa shape index (κ3) is 4.23. The summed E-state index contributed by atoms with van der Waals surface area (Å²) in [5, 5.41) is 0. The van der Waals surface area contributed by atoms with E-state index in [0.717, 1.165) is 102 Å². The number of hydrogen-bond acceptors (Lipinski definition) is 3. The number of rotatable bonds is 0. The molecule has 12 heterocycles. The third-order valence-corrected chi connectivity index (χ3v) is 10.0. The van der Waals surface area contributed by atoms with Crippen molar-refractivity contribution in [2.75, 3.05) is 0 Å². The summed E-state index contributed by atoms with van der Waals surface area (Å²) >= 11 is 0. The van der Waals surface area contributed by atoms with Crippen LogP contribution in [0, 0.1) is 0 Å². The summed E-state index contributed by atoms with van der Waals surface area (Å²) in [5.41, 5.74) is 17.1. The zero-order chi connectivity index (χ0) is 32.8. The first kappa shape index (κ1) is 27.1. The van der Waals surface area contributed by atoms with Crippen molar-refractivity contribution in [3.8, 4) is 68.3 Å². The summed E-state index contributed by atoms with van der Waals surface area (Å²) in [7, 11) is 0. The lowest BCUT2D eigenvalue weighted by Crippen LogP contribution is -2.06. The van der Waals surface area contributed by atoms with Crippen LogP contribution in [0.2, 0.25) is 0 Å². The van der Waals surface area contributed by atoms with E-state index in [9.17, 15) is 0 Å². The van der Waals surface area contributed by atoms with Crippen LogP contribution in [0.3, 0.4) is 0 Å². The summed E-state index contributed by atoms with van der Waals surface area (Å²) in [5.74, 6) is -0.311. The molecule has 3 aliphatic heterocycles. The minimum absolute atomic E-state index is 0.156. The van der Waals surface area contributed by atoms with Crippen LogP contribution in [0.1, 0.15) is 46.0 Å². The minimum atomic E-state index is -0.156. The number of pyridine rings is 3. The smallest absolute Gasteiger partial charge is 0.0872 e. The number of nitrogens with one attached hydrogen (secondary N) is 6. The van der Waals surface area contributed by atoms with Gasteiger partial charge in [-0.05, 0) is 109 Å². The third-order valence-electron chi connectivity index (χ3n) is 10.0. The number of nitrogens with zero attached hydrogens (tertiary/aromatic N) is 3. The van der Waals surface area contributed by atoms with E-state index in [0.29, 0.717) is 0 Å². The Labute approximate surface area is 286 Å². The van der Waals surface area contributed by atoms with Crippen LogP contribution in [0.25, 0.3) is 68.3 Å². The van der Waals surface area contributed by atoms with Gasteiger partial charge in [-0.15, -0.1) is 0 Å². The molecule has 238 valence electrons. The van der Waals surface area contributed by atoms with Crippen LogP contribution in [-0.4, -0.2) is 44.9 Å². The first-order valence-electron chi connectivity index (χ1n) is 16.8. The summed E-state index contributed by atoms with van der Waals surface area (Å²) in [6, 6.07) is 44.1. The van der Waals surface area contributed by atoms with Crippen molar-refractivity contribution in [3.05, 3.63) is 162 Å². The van der Waals surface area contributed by atoms with E-state index in [2.05, 4.69) is 157 Å². The van der Waals surface area contributed by atoms with Gasteiger partial charge >= 0.3 is 0 Å². The van der Waals surface area contributed by atoms with Gasteiger partial charge in [0.2, 0.25) is 0 Å². The van der Waals surface area contributed by atoms with Crippen LogP contribution in [0.5, 0.6) is 0 Å². The van der Waals surface area contributed by atoms with Crippen molar-refractivity contribution in [2.24, 2.45) is 0 Å². The zero-order valence-corrected chi connectivity index (χ0v) is 26.6. The van der Waals surface area contributed by atoms with E-state index >= 15 is 0 Å². The van der Waals surface area contributed by atoms with Crippen molar-refractivity contribution in [3.63, 3.8) is 0 Å². The molecule has 3 aliphatic rings. The van der Waals surface area contributed by atoms with Crippen molar-refractivity contribution in [1.29, 1.82) is 0 Å². The Morgan fingerprint density at radius 3 is 0.660 bits per heavy atom. The molecular formula is C41H29N9. The minimum Gasteiger partial charge on any atom is -0.356 e. The molecule has 0 amide bonds. The van der Waals surface area contributed by atoms with Crippen molar-refractivity contribution < 1.29 is 0 Å². The van der Waals surface area contributed by atoms with E-state index in [-0.39, 0.29) is 11.8 Å². The van der Waals surface area contributed by atoms with Crippen LogP contribution in [0.15, 0.2) is 127 Å².